The highest BCUT2D eigenvalue weighted by Gasteiger charge is 2.31. The second-order valence-corrected chi connectivity index (χ2v) is 7.73. The summed E-state index contributed by atoms with van der Waals surface area (Å²) < 4.78 is 3.49. The number of nitrogens with zero attached hydrogens (tertiary/aromatic N) is 5. The fraction of sp³-hybridized carbons (Fsp3) is 0.217. The molecule has 3 aromatic heterocycles. The van der Waals surface area contributed by atoms with Crippen LogP contribution < -0.4 is 10.2 Å². The van der Waals surface area contributed by atoms with E-state index < -0.39 is 6.04 Å². The van der Waals surface area contributed by atoms with E-state index in [1.54, 1.807) is 27.2 Å². The highest BCUT2D eigenvalue weighted by molar-refractivity contribution is 6.02. The van der Waals surface area contributed by atoms with Crippen molar-refractivity contribution in [1.29, 1.82) is 0 Å². The number of pyridine rings is 1. The van der Waals surface area contributed by atoms with Crippen molar-refractivity contribution in [3.05, 3.63) is 72.2 Å². The second kappa shape index (κ2) is 7.39. The molecule has 0 aliphatic carbocycles. The number of benzene rings is 1. The molecule has 0 bridgehead atoms. The standard InChI is InChI=1S/C23H22N6O2/c1-15-13-21-27(2)23(31)18(10-12-29(21)25-15)24-22(30)19-14-20-17(9-6-11-28(20)26-19)16-7-4-3-5-8-16/h3-9,11,13-14,18H,10,12H2,1-2H3,(H,24,30)/t18-/m0/s1. The maximum atomic E-state index is 13.0. The number of anilines is 1. The lowest BCUT2D eigenvalue weighted by atomic mass is 10.1. The van der Waals surface area contributed by atoms with Gasteiger partial charge in [0, 0.05) is 31.4 Å². The summed E-state index contributed by atoms with van der Waals surface area (Å²) in [5.74, 6) is 0.199. The van der Waals surface area contributed by atoms with Crippen molar-refractivity contribution in [2.24, 2.45) is 0 Å². The van der Waals surface area contributed by atoms with E-state index in [0.29, 0.717) is 13.0 Å². The van der Waals surface area contributed by atoms with Gasteiger partial charge >= 0.3 is 0 Å². The minimum absolute atomic E-state index is 0.166. The van der Waals surface area contributed by atoms with Crippen LogP contribution in [0.2, 0.25) is 0 Å². The van der Waals surface area contributed by atoms with Gasteiger partial charge in [0.1, 0.15) is 11.9 Å². The number of carbonyl (C=O) groups is 2. The monoisotopic (exact) mass is 414 g/mol. The number of rotatable bonds is 3. The molecule has 0 saturated carbocycles. The van der Waals surface area contributed by atoms with Crippen molar-refractivity contribution in [2.45, 2.75) is 25.9 Å². The summed E-state index contributed by atoms with van der Waals surface area (Å²) in [6.07, 6.45) is 2.27. The molecule has 156 valence electrons. The first-order chi connectivity index (χ1) is 15.0. The highest BCUT2D eigenvalue weighted by Crippen LogP contribution is 2.25. The van der Waals surface area contributed by atoms with Crippen molar-refractivity contribution in [2.75, 3.05) is 11.9 Å². The highest BCUT2D eigenvalue weighted by atomic mass is 16.2. The zero-order chi connectivity index (χ0) is 21.5. The van der Waals surface area contributed by atoms with Gasteiger partial charge in [-0.05, 0) is 31.0 Å². The Bertz CT molecular complexity index is 1290. The van der Waals surface area contributed by atoms with E-state index in [-0.39, 0.29) is 17.5 Å². The van der Waals surface area contributed by atoms with E-state index in [1.807, 2.05) is 61.7 Å². The summed E-state index contributed by atoms with van der Waals surface area (Å²) in [6.45, 7) is 2.44. The van der Waals surface area contributed by atoms with Crippen LogP contribution in [0, 0.1) is 6.92 Å². The topological polar surface area (TPSA) is 84.5 Å². The Hall–Kier alpha value is -3.94. The summed E-state index contributed by atoms with van der Waals surface area (Å²) >= 11 is 0. The van der Waals surface area contributed by atoms with E-state index in [0.717, 1.165) is 28.2 Å². The van der Waals surface area contributed by atoms with E-state index >= 15 is 0 Å². The third-order valence-corrected chi connectivity index (χ3v) is 5.61. The molecule has 8 heteroatoms. The van der Waals surface area contributed by atoms with Gasteiger partial charge in [-0.1, -0.05) is 36.4 Å². The van der Waals surface area contributed by atoms with Crippen LogP contribution in [0.5, 0.6) is 0 Å². The lowest BCUT2D eigenvalue weighted by Gasteiger charge is -2.20. The van der Waals surface area contributed by atoms with E-state index in [1.165, 1.54) is 0 Å². The molecule has 1 aliphatic rings. The molecule has 0 fully saturated rings. The quantitative estimate of drug-likeness (QED) is 0.559. The van der Waals surface area contributed by atoms with E-state index in [2.05, 4.69) is 15.5 Å². The summed E-state index contributed by atoms with van der Waals surface area (Å²) in [5, 5.41) is 11.7. The van der Waals surface area contributed by atoms with E-state index in [4.69, 9.17) is 0 Å². The predicted molar refractivity (Wildman–Crippen MR) is 117 cm³/mol. The molecule has 1 N–H and O–H groups in total. The zero-order valence-electron chi connectivity index (χ0n) is 17.3. The van der Waals surface area contributed by atoms with Gasteiger partial charge in [-0.15, -0.1) is 0 Å². The molecule has 0 unspecified atom stereocenters. The smallest absolute Gasteiger partial charge is 0.272 e. The van der Waals surface area contributed by atoms with Gasteiger partial charge in [0.2, 0.25) is 0 Å². The molecule has 4 heterocycles. The number of likely N-dealkylation sites (N-methyl/N-ethyl adjacent to an activating group) is 1. The van der Waals surface area contributed by atoms with Crippen LogP contribution in [0.3, 0.4) is 0 Å². The van der Waals surface area contributed by atoms with Gasteiger partial charge < -0.3 is 5.32 Å². The number of amides is 2. The normalized spacial score (nSPS) is 16.3. The molecule has 4 aromatic rings. The zero-order valence-corrected chi connectivity index (χ0v) is 17.3. The Morgan fingerprint density at radius 3 is 2.71 bits per heavy atom. The van der Waals surface area contributed by atoms with Gasteiger partial charge in [-0.25, -0.2) is 9.20 Å². The van der Waals surface area contributed by atoms with Crippen LogP contribution >= 0.6 is 0 Å². The number of aromatic nitrogens is 4. The maximum absolute atomic E-state index is 13.0. The van der Waals surface area contributed by atoms with Gasteiger partial charge in [0.05, 0.1) is 11.2 Å². The number of hydrogen-bond donors (Lipinski definition) is 1. The summed E-state index contributed by atoms with van der Waals surface area (Å²) in [7, 11) is 1.71. The number of nitrogens with one attached hydrogen (secondary N) is 1. The fourth-order valence-electron chi connectivity index (χ4n) is 4.04. The summed E-state index contributed by atoms with van der Waals surface area (Å²) in [5.41, 5.74) is 4.00. The minimum Gasteiger partial charge on any atom is -0.339 e. The Labute approximate surface area is 179 Å². The average Bonchev–Trinajstić information content (AvgIpc) is 3.37. The van der Waals surface area contributed by atoms with Crippen LogP contribution in [-0.4, -0.2) is 44.3 Å². The second-order valence-electron chi connectivity index (χ2n) is 7.73. The molecule has 1 atom stereocenters. The molecule has 8 nitrogen and oxygen atoms in total. The van der Waals surface area contributed by atoms with Crippen molar-refractivity contribution < 1.29 is 9.59 Å². The Kier molecular flexibility index (Phi) is 4.54. The van der Waals surface area contributed by atoms with Crippen molar-refractivity contribution in [3.8, 4) is 11.1 Å². The van der Waals surface area contributed by atoms with Crippen LogP contribution in [0.15, 0.2) is 60.8 Å². The van der Waals surface area contributed by atoms with Crippen LogP contribution in [0.4, 0.5) is 5.82 Å². The van der Waals surface area contributed by atoms with Crippen molar-refractivity contribution >= 4 is 23.1 Å². The van der Waals surface area contributed by atoms with E-state index in [9.17, 15) is 9.59 Å². The fourth-order valence-corrected chi connectivity index (χ4v) is 4.04. The van der Waals surface area contributed by atoms with Crippen LogP contribution in [0.25, 0.3) is 16.6 Å². The van der Waals surface area contributed by atoms with Crippen LogP contribution in [-0.2, 0) is 11.3 Å². The Morgan fingerprint density at radius 2 is 1.90 bits per heavy atom. The lowest BCUT2D eigenvalue weighted by Crippen LogP contribution is -2.46. The molecular formula is C23H22N6O2. The van der Waals surface area contributed by atoms with Gasteiger partial charge in [0.15, 0.2) is 5.69 Å². The first kappa shape index (κ1) is 19.0. The molecule has 5 rings (SSSR count). The third-order valence-electron chi connectivity index (χ3n) is 5.61. The maximum Gasteiger partial charge on any atom is 0.272 e. The van der Waals surface area contributed by atoms with Gasteiger partial charge in [-0.3, -0.25) is 14.5 Å². The third kappa shape index (κ3) is 3.35. The number of aryl methyl sites for hydroxylation is 2. The first-order valence-corrected chi connectivity index (χ1v) is 10.2. The molecule has 0 spiro atoms. The van der Waals surface area contributed by atoms with Crippen molar-refractivity contribution in [3.63, 3.8) is 0 Å². The molecule has 1 aromatic carbocycles. The minimum atomic E-state index is -0.641. The molecule has 31 heavy (non-hydrogen) atoms. The molecule has 2 amide bonds. The molecule has 0 saturated heterocycles. The number of fused-ring (bicyclic) bond motifs is 2. The lowest BCUT2D eigenvalue weighted by molar-refractivity contribution is -0.120. The summed E-state index contributed by atoms with van der Waals surface area (Å²) in [4.78, 5) is 27.5. The van der Waals surface area contributed by atoms with Crippen LogP contribution in [0.1, 0.15) is 22.6 Å². The van der Waals surface area contributed by atoms with Crippen molar-refractivity contribution in [1.82, 2.24) is 24.7 Å². The number of carbonyl (C=O) groups excluding carboxylic acids is 2. The average molecular weight is 414 g/mol. The molecule has 1 aliphatic heterocycles. The van der Waals surface area contributed by atoms with Gasteiger partial charge in [0.25, 0.3) is 11.8 Å². The summed E-state index contributed by atoms with van der Waals surface area (Å²) in [6, 6.07) is 16.9. The first-order valence-electron chi connectivity index (χ1n) is 10.2. The largest absolute Gasteiger partial charge is 0.339 e. The SMILES string of the molecule is Cc1cc2n(n1)CC[C@H](NC(=O)c1cc3c(-c4ccccc4)cccn3n1)C(=O)N2C. The van der Waals surface area contributed by atoms with Gasteiger partial charge in [-0.2, -0.15) is 10.2 Å². The number of hydrogen-bond acceptors (Lipinski definition) is 4. The molecule has 0 radical (unpaired) electrons. The Morgan fingerprint density at radius 1 is 1.10 bits per heavy atom. The Balaban J connectivity index is 1.41. The molecular weight excluding hydrogens is 392 g/mol. The predicted octanol–water partition coefficient (Wildman–Crippen LogP) is 2.67.